The molecule has 0 spiro atoms. The van der Waals surface area contributed by atoms with Gasteiger partial charge in [-0.25, -0.2) is 0 Å². The summed E-state index contributed by atoms with van der Waals surface area (Å²) in [4.78, 5) is 22.2. The molecule has 1 N–H and O–H groups in total. The van der Waals surface area contributed by atoms with Gasteiger partial charge in [0.2, 0.25) is 0 Å². The summed E-state index contributed by atoms with van der Waals surface area (Å²) in [7, 11) is 0. The summed E-state index contributed by atoms with van der Waals surface area (Å²) in [6.45, 7) is 2.09. The molecule has 0 aromatic heterocycles. The van der Waals surface area contributed by atoms with E-state index in [2.05, 4.69) is 22.5 Å². The molecule has 0 fully saturated rings. The van der Waals surface area contributed by atoms with Gasteiger partial charge in [0.25, 0.3) is 0 Å². The summed E-state index contributed by atoms with van der Waals surface area (Å²) in [5.41, 5.74) is 7.15. The number of nitro benzene ring substituents is 1. The van der Waals surface area contributed by atoms with Crippen molar-refractivity contribution in [1.29, 1.82) is 0 Å². The van der Waals surface area contributed by atoms with Crippen LogP contribution in [0.2, 0.25) is 22.3 Å². The SMILES string of the molecule is CC(NC(=O)OCC[As+](C)(C)C)c1ccccc1[N+](=O)[O-].[I-]. The Kier molecular flexibility index (Phi) is 9.00. The Hall–Kier alpha value is -0.822. The molecule has 124 valence electrons. The Morgan fingerprint density at radius 2 is 1.95 bits per heavy atom. The third kappa shape index (κ3) is 7.44. The molecule has 1 atom stereocenters. The number of carbonyl (C=O) groups is 1. The zero-order chi connectivity index (χ0) is 16.0. The van der Waals surface area contributed by atoms with Crippen LogP contribution in [-0.4, -0.2) is 31.2 Å². The average Bonchev–Trinajstić information content (AvgIpc) is 2.37. The molecule has 6 nitrogen and oxygen atoms in total. The number of ether oxygens (including phenoxy) is 1. The molecular formula is C14H22AsIN2O4. The van der Waals surface area contributed by atoms with Gasteiger partial charge >= 0.3 is 127 Å². The maximum absolute atomic E-state index is 11.7. The molecule has 8 heteroatoms. The predicted octanol–water partition coefficient (Wildman–Crippen LogP) is 0.724. The van der Waals surface area contributed by atoms with Crippen molar-refractivity contribution in [3.63, 3.8) is 0 Å². The molecule has 1 aromatic rings. The van der Waals surface area contributed by atoms with Crippen molar-refractivity contribution in [3.05, 3.63) is 39.9 Å². The molecule has 0 saturated heterocycles. The molecule has 0 aliphatic rings. The minimum Gasteiger partial charge on any atom is -1.00 e. The van der Waals surface area contributed by atoms with Crippen LogP contribution in [0, 0.1) is 10.1 Å². The smallest absolute Gasteiger partial charge is 1.00 e. The first-order valence-corrected chi connectivity index (χ1v) is 13.6. The minimum absolute atomic E-state index is 0. The molecule has 0 radical (unpaired) electrons. The van der Waals surface area contributed by atoms with E-state index in [4.69, 9.17) is 4.74 Å². The van der Waals surface area contributed by atoms with Crippen molar-refractivity contribution in [3.8, 4) is 0 Å². The van der Waals surface area contributed by atoms with Crippen LogP contribution in [0.1, 0.15) is 18.5 Å². The number of benzene rings is 1. The average molecular weight is 484 g/mol. The number of rotatable bonds is 6. The van der Waals surface area contributed by atoms with E-state index in [1.54, 1.807) is 25.1 Å². The fraction of sp³-hybridized carbons (Fsp3) is 0.500. The van der Waals surface area contributed by atoms with Crippen LogP contribution >= 0.6 is 0 Å². The van der Waals surface area contributed by atoms with E-state index in [-0.39, 0.29) is 29.7 Å². The van der Waals surface area contributed by atoms with Gasteiger partial charge in [0.1, 0.15) is 0 Å². The maximum Gasteiger partial charge on any atom is -1.00 e. The summed E-state index contributed by atoms with van der Waals surface area (Å²) in [6, 6.07) is 5.88. The van der Waals surface area contributed by atoms with Gasteiger partial charge in [-0.15, -0.1) is 0 Å². The zero-order valence-electron chi connectivity index (χ0n) is 13.2. The number of nitrogens with zero attached hydrogens (tertiary/aromatic N) is 1. The van der Waals surface area contributed by atoms with Crippen LogP contribution in [0.25, 0.3) is 0 Å². The Morgan fingerprint density at radius 3 is 2.50 bits per heavy atom. The van der Waals surface area contributed by atoms with Gasteiger partial charge in [-0.05, 0) is 0 Å². The molecule has 22 heavy (non-hydrogen) atoms. The second-order valence-electron chi connectivity index (χ2n) is 5.83. The molecule has 0 saturated carbocycles. The van der Waals surface area contributed by atoms with E-state index in [0.717, 1.165) is 5.21 Å². The summed E-state index contributed by atoms with van der Waals surface area (Å²) >= 11 is -1.56. The van der Waals surface area contributed by atoms with Crippen molar-refractivity contribution in [2.75, 3.05) is 6.61 Å². The summed E-state index contributed by atoms with van der Waals surface area (Å²) in [6.07, 6.45) is -0.537. The molecule has 0 aliphatic heterocycles. The molecule has 1 aromatic carbocycles. The first-order chi connectivity index (χ1) is 9.70. The van der Waals surface area contributed by atoms with Crippen LogP contribution in [0.4, 0.5) is 10.5 Å². The number of alkyl carbamates (subject to hydrolysis) is 1. The van der Waals surface area contributed by atoms with Crippen LogP contribution in [-0.2, 0) is 4.74 Å². The summed E-state index contributed by atoms with van der Waals surface area (Å²) < 4.78 is 5.13. The number of amides is 1. The fourth-order valence-corrected chi connectivity index (χ4v) is 3.07. The third-order valence-corrected chi connectivity index (χ3v) is 6.13. The van der Waals surface area contributed by atoms with Gasteiger partial charge in [0.05, 0.1) is 0 Å². The van der Waals surface area contributed by atoms with Crippen molar-refractivity contribution in [1.82, 2.24) is 5.32 Å². The van der Waals surface area contributed by atoms with Gasteiger partial charge in [0.15, 0.2) is 0 Å². The van der Waals surface area contributed by atoms with Gasteiger partial charge in [-0.1, -0.05) is 0 Å². The van der Waals surface area contributed by atoms with Crippen LogP contribution in [0.5, 0.6) is 0 Å². The molecule has 0 bridgehead atoms. The Balaban J connectivity index is 0.00000441. The standard InChI is InChI=1S/C14H21AsN2O4.HI/c1-11(12-7-5-6-8-13(12)17(19)20)16-14(18)21-10-9-15(2,3)4;/h5-8,11H,9-10H2,1-4H3;1H. The Labute approximate surface area is 150 Å². The Morgan fingerprint density at radius 1 is 1.36 bits per heavy atom. The van der Waals surface area contributed by atoms with Crippen LogP contribution < -0.4 is 29.3 Å². The normalized spacial score (nSPS) is 12.0. The second kappa shape index (κ2) is 9.35. The molecule has 0 aliphatic carbocycles. The van der Waals surface area contributed by atoms with E-state index < -0.39 is 30.6 Å². The van der Waals surface area contributed by atoms with Crippen molar-refractivity contribution >= 4 is 25.3 Å². The molecule has 1 amide bonds. The molecule has 1 rings (SSSR count). The topological polar surface area (TPSA) is 81.5 Å². The quantitative estimate of drug-likeness (QED) is 0.280. The van der Waals surface area contributed by atoms with Crippen LogP contribution in [0.3, 0.4) is 0 Å². The number of nitrogens with one attached hydrogen (secondary N) is 1. The molecule has 0 heterocycles. The van der Waals surface area contributed by atoms with Crippen molar-refractivity contribution < 1.29 is 38.4 Å². The zero-order valence-corrected chi connectivity index (χ0v) is 17.2. The number of nitro groups is 1. The third-order valence-electron chi connectivity index (χ3n) is 2.93. The predicted molar refractivity (Wildman–Crippen MR) is 84.1 cm³/mol. The van der Waals surface area contributed by atoms with Crippen LogP contribution in [0.15, 0.2) is 24.3 Å². The second-order valence-corrected chi connectivity index (χ2v) is 16.4. The van der Waals surface area contributed by atoms with Gasteiger partial charge < -0.3 is 24.0 Å². The van der Waals surface area contributed by atoms with E-state index in [0.29, 0.717) is 12.2 Å². The summed E-state index contributed by atoms with van der Waals surface area (Å²) in [5, 5.41) is 14.5. The first-order valence-electron chi connectivity index (χ1n) is 6.68. The fourth-order valence-electron chi connectivity index (χ4n) is 1.73. The molecule has 1 unspecified atom stereocenters. The van der Waals surface area contributed by atoms with Gasteiger partial charge in [-0.2, -0.15) is 0 Å². The molecular weight excluding hydrogens is 462 g/mol. The largest absolute Gasteiger partial charge is 1.00 e. The summed E-state index contributed by atoms with van der Waals surface area (Å²) in [5.74, 6) is 0. The van der Waals surface area contributed by atoms with Crippen molar-refractivity contribution in [2.45, 2.75) is 35.3 Å². The number of para-hydroxylation sites is 1. The van der Waals surface area contributed by atoms with E-state index in [9.17, 15) is 14.9 Å². The number of hydrogen-bond acceptors (Lipinski definition) is 4. The van der Waals surface area contributed by atoms with Gasteiger partial charge in [0, 0.05) is 0 Å². The maximum atomic E-state index is 11.7. The Bertz CT molecular complexity index is 520. The first kappa shape index (κ1) is 21.2. The van der Waals surface area contributed by atoms with E-state index in [1.165, 1.54) is 6.07 Å². The monoisotopic (exact) mass is 484 g/mol. The van der Waals surface area contributed by atoms with E-state index >= 15 is 0 Å². The number of halogens is 1. The van der Waals surface area contributed by atoms with E-state index in [1.807, 2.05) is 0 Å². The number of hydrogen-bond donors (Lipinski definition) is 1. The minimum atomic E-state index is -1.56. The van der Waals surface area contributed by atoms with Crippen molar-refractivity contribution in [2.24, 2.45) is 0 Å². The number of carbonyl (C=O) groups excluding carboxylic acids is 1. The van der Waals surface area contributed by atoms with Gasteiger partial charge in [-0.3, -0.25) is 0 Å².